The molecular weight excluding hydrogens is 426 g/mol. The van der Waals surface area contributed by atoms with Gasteiger partial charge in [0.2, 0.25) is 0 Å². The maximum atomic E-state index is 11.9. The fourth-order valence-electron chi connectivity index (χ4n) is 1.61. The average molecular weight is 437 g/mol. The second-order valence-corrected chi connectivity index (χ2v) is 6.24. The quantitative estimate of drug-likeness (QED) is 0.557. The average Bonchev–Trinajstić information content (AvgIpc) is 2.40. The molecule has 0 saturated heterocycles. The van der Waals surface area contributed by atoms with E-state index < -0.39 is 0 Å². The van der Waals surface area contributed by atoms with Gasteiger partial charge in [-0.15, -0.1) is 0 Å². The van der Waals surface area contributed by atoms with E-state index in [1.165, 1.54) is 12.1 Å². The van der Waals surface area contributed by atoms with Gasteiger partial charge >= 0.3 is 0 Å². The van der Waals surface area contributed by atoms with Gasteiger partial charge in [-0.2, -0.15) is 0 Å². The maximum absolute atomic E-state index is 11.9. The van der Waals surface area contributed by atoms with Gasteiger partial charge in [0.15, 0.2) is 6.61 Å². The SMILES string of the molecule is Nc1cc(Cl)cc(Cl)c1NC(=O)COc1cccc(I)c1. The fourth-order valence-corrected chi connectivity index (χ4v) is 2.68. The number of carbonyl (C=O) groups is 1. The number of anilines is 2. The maximum Gasteiger partial charge on any atom is 0.262 e. The first-order valence-corrected chi connectivity index (χ1v) is 7.72. The van der Waals surface area contributed by atoms with Crippen molar-refractivity contribution in [3.8, 4) is 5.75 Å². The number of nitrogens with two attached hydrogens (primary N) is 1. The number of halogens is 3. The van der Waals surface area contributed by atoms with Crippen molar-refractivity contribution in [2.75, 3.05) is 17.7 Å². The Morgan fingerprint density at radius 3 is 2.71 bits per heavy atom. The number of nitrogen functional groups attached to an aromatic ring is 1. The summed E-state index contributed by atoms with van der Waals surface area (Å²) in [5.74, 6) is 0.261. The molecule has 110 valence electrons. The van der Waals surface area contributed by atoms with Crippen molar-refractivity contribution in [2.24, 2.45) is 0 Å². The molecule has 2 rings (SSSR count). The van der Waals surface area contributed by atoms with Gasteiger partial charge in [-0.1, -0.05) is 29.3 Å². The molecule has 0 aliphatic carbocycles. The summed E-state index contributed by atoms with van der Waals surface area (Å²) in [6.07, 6.45) is 0. The molecule has 0 unspecified atom stereocenters. The van der Waals surface area contributed by atoms with Crippen LogP contribution >= 0.6 is 45.8 Å². The summed E-state index contributed by atoms with van der Waals surface area (Å²) in [7, 11) is 0. The number of hydrogen-bond acceptors (Lipinski definition) is 3. The highest BCUT2D eigenvalue weighted by molar-refractivity contribution is 14.1. The van der Waals surface area contributed by atoms with E-state index in [1.54, 1.807) is 6.07 Å². The van der Waals surface area contributed by atoms with E-state index in [2.05, 4.69) is 27.9 Å². The largest absolute Gasteiger partial charge is 0.484 e. The molecule has 0 heterocycles. The summed E-state index contributed by atoms with van der Waals surface area (Å²) in [6.45, 7) is -0.140. The van der Waals surface area contributed by atoms with Crippen LogP contribution in [0.4, 0.5) is 11.4 Å². The Morgan fingerprint density at radius 2 is 2.05 bits per heavy atom. The normalized spacial score (nSPS) is 10.2. The smallest absolute Gasteiger partial charge is 0.262 e. The van der Waals surface area contributed by atoms with E-state index in [0.29, 0.717) is 22.1 Å². The molecule has 0 aromatic heterocycles. The minimum absolute atomic E-state index is 0.140. The van der Waals surface area contributed by atoms with Gasteiger partial charge in [-0.05, 0) is 52.9 Å². The summed E-state index contributed by atoms with van der Waals surface area (Å²) in [5.41, 5.74) is 6.40. The van der Waals surface area contributed by atoms with Gasteiger partial charge in [0.25, 0.3) is 5.91 Å². The highest BCUT2D eigenvalue weighted by atomic mass is 127. The molecule has 21 heavy (non-hydrogen) atoms. The van der Waals surface area contributed by atoms with E-state index in [1.807, 2.05) is 18.2 Å². The van der Waals surface area contributed by atoms with Gasteiger partial charge in [-0.3, -0.25) is 4.79 Å². The summed E-state index contributed by atoms with van der Waals surface area (Å²) in [4.78, 5) is 11.9. The van der Waals surface area contributed by atoms with Crippen LogP contribution in [0.25, 0.3) is 0 Å². The standard InChI is InChI=1S/C14H11Cl2IN2O2/c15-8-4-11(16)14(12(18)5-8)19-13(20)7-21-10-3-1-2-9(17)6-10/h1-6H,7,18H2,(H,19,20). The Hall–Kier alpha value is -1.18. The molecule has 4 nitrogen and oxygen atoms in total. The third-order valence-corrected chi connectivity index (χ3v) is 3.70. The lowest BCUT2D eigenvalue weighted by atomic mass is 10.2. The number of hydrogen-bond donors (Lipinski definition) is 2. The van der Waals surface area contributed by atoms with Crippen molar-refractivity contribution in [1.29, 1.82) is 0 Å². The van der Waals surface area contributed by atoms with Crippen molar-refractivity contribution in [3.05, 3.63) is 50.0 Å². The van der Waals surface area contributed by atoms with Crippen molar-refractivity contribution < 1.29 is 9.53 Å². The van der Waals surface area contributed by atoms with Gasteiger partial charge in [0.05, 0.1) is 16.4 Å². The van der Waals surface area contributed by atoms with Crippen molar-refractivity contribution in [2.45, 2.75) is 0 Å². The molecule has 0 bridgehead atoms. The highest BCUT2D eigenvalue weighted by Gasteiger charge is 2.11. The second-order valence-electron chi connectivity index (χ2n) is 4.15. The first-order chi connectivity index (χ1) is 9.95. The number of amides is 1. The summed E-state index contributed by atoms with van der Waals surface area (Å²) >= 11 is 14.0. The molecule has 0 fully saturated rings. The van der Waals surface area contributed by atoms with Crippen LogP contribution in [0.15, 0.2) is 36.4 Å². The molecule has 0 saturated carbocycles. The zero-order chi connectivity index (χ0) is 15.4. The first kappa shape index (κ1) is 16.2. The predicted molar refractivity (Wildman–Crippen MR) is 94.2 cm³/mol. The Balaban J connectivity index is 1.99. The number of nitrogens with one attached hydrogen (secondary N) is 1. The first-order valence-electron chi connectivity index (χ1n) is 5.88. The van der Waals surface area contributed by atoms with E-state index in [-0.39, 0.29) is 17.5 Å². The van der Waals surface area contributed by atoms with Crippen LogP contribution < -0.4 is 15.8 Å². The zero-order valence-corrected chi connectivity index (χ0v) is 14.4. The minimum atomic E-state index is -0.357. The van der Waals surface area contributed by atoms with Crippen LogP contribution in [-0.4, -0.2) is 12.5 Å². The van der Waals surface area contributed by atoms with Crippen LogP contribution in [0.1, 0.15) is 0 Å². The van der Waals surface area contributed by atoms with E-state index in [9.17, 15) is 4.79 Å². The van der Waals surface area contributed by atoms with Gasteiger partial charge in [-0.25, -0.2) is 0 Å². The van der Waals surface area contributed by atoms with E-state index in [0.717, 1.165) is 3.57 Å². The van der Waals surface area contributed by atoms with Gasteiger partial charge in [0.1, 0.15) is 5.75 Å². The molecule has 0 aliphatic heterocycles. The molecule has 0 spiro atoms. The Morgan fingerprint density at radius 1 is 1.29 bits per heavy atom. The second kappa shape index (κ2) is 7.20. The number of ether oxygens (including phenoxy) is 1. The lowest BCUT2D eigenvalue weighted by Gasteiger charge is -2.11. The Labute approximate surface area is 145 Å². The van der Waals surface area contributed by atoms with Crippen molar-refractivity contribution >= 4 is 63.1 Å². The molecular formula is C14H11Cl2IN2O2. The summed E-state index contributed by atoms with van der Waals surface area (Å²) in [6, 6.07) is 10.4. The number of carbonyl (C=O) groups excluding carboxylic acids is 1. The number of rotatable bonds is 4. The predicted octanol–water partition coefficient (Wildman–Crippen LogP) is 4.20. The molecule has 3 N–H and O–H groups in total. The van der Waals surface area contributed by atoms with Crippen LogP contribution in [0.2, 0.25) is 10.0 Å². The lowest BCUT2D eigenvalue weighted by Crippen LogP contribution is -2.21. The van der Waals surface area contributed by atoms with Crippen LogP contribution in [-0.2, 0) is 4.79 Å². The molecule has 1 amide bonds. The molecule has 0 atom stereocenters. The third-order valence-electron chi connectivity index (χ3n) is 2.52. The Kier molecular flexibility index (Phi) is 5.55. The molecule has 0 radical (unpaired) electrons. The molecule has 7 heteroatoms. The highest BCUT2D eigenvalue weighted by Crippen LogP contribution is 2.31. The monoisotopic (exact) mass is 436 g/mol. The lowest BCUT2D eigenvalue weighted by molar-refractivity contribution is -0.118. The van der Waals surface area contributed by atoms with E-state index in [4.69, 9.17) is 33.7 Å². The van der Waals surface area contributed by atoms with Crippen LogP contribution in [0.5, 0.6) is 5.75 Å². The molecule has 0 aliphatic rings. The minimum Gasteiger partial charge on any atom is -0.484 e. The van der Waals surface area contributed by atoms with Crippen LogP contribution in [0.3, 0.4) is 0 Å². The van der Waals surface area contributed by atoms with Crippen LogP contribution in [0, 0.1) is 3.57 Å². The third kappa shape index (κ3) is 4.66. The molecule has 2 aromatic carbocycles. The summed E-state index contributed by atoms with van der Waals surface area (Å²) in [5, 5.41) is 3.30. The zero-order valence-electron chi connectivity index (χ0n) is 10.7. The van der Waals surface area contributed by atoms with Crippen molar-refractivity contribution in [3.63, 3.8) is 0 Å². The Bertz CT molecular complexity index is 657. The fraction of sp³-hybridized carbons (Fsp3) is 0.0714. The topological polar surface area (TPSA) is 64.3 Å². The molecule has 2 aromatic rings. The van der Waals surface area contributed by atoms with Gasteiger partial charge < -0.3 is 15.8 Å². The van der Waals surface area contributed by atoms with Gasteiger partial charge in [0, 0.05) is 8.59 Å². The summed E-state index contributed by atoms with van der Waals surface area (Å²) < 4.78 is 6.42. The number of benzene rings is 2. The van der Waals surface area contributed by atoms with E-state index >= 15 is 0 Å². The van der Waals surface area contributed by atoms with Crippen molar-refractivity contribution in [1.82, 2.24) is 0 Å².